The first-order valence-electron chi connectivity index (χ1n) is 6.13. The molecule has 0 aliphatic carbocycles. The van der Waals surface area contributed by atoms with Gasteiger partial charge in [-0.2, -0.15) is 0 Å². The van der Waals surface area contributed by atoms with Crippen molar-refractivity contribution in [2.75, 3.05) is 5.73 Å². The van der Waals surface area contributed by atoms with Crippen molar-refractivity contribution in [1.82, 2.24) is 24.5 Å². The van der Waals surface area contributed by atoms with Gasteiger partial charge in [-0.15, -0.1) is 5.10 Å². The minimum Gasteiger partial charge on any atom is -0.381 e. The molecule has 0 atom stereocenters. The van der Waals surface area contributed by atoms with Gasteiger partial charge in [0.15, 0.2) is 5.82 Å². The molecule has 2 aromatic rings. The van der Waals surface area contributed by atoms with Crippen LogP contribution < -0.4 is 5.73 Å². The third kappa shape index (κ3) is 2.23. The summed E-state index contributed by atoms with van der Waals surface area (Å²) in [6, 6.07) is 0. The molecule has 0 spiro atoms. The van der Waals surface area contributed by atoms with Gasteiger partial charge in [-0.25, -0.2) is 9.67 Å². The van der Waals surface area contributed by atoms with Gasteiger partial charge in [0.05, 0.1) is 5.69 Å². The topological polar surface area (TPSA) is 74.5 Å². The Morgan fingerprint density at radius 2 is 2.06 bits per heavy atom. The van der Waals surface area contributed by atoms with Crippen LogP contribution in [0.2, 0.25) is 0 Å². The standard InChI is InChI=1S/C12H20N6/c1-5-17-7-6-14-9(17)8-18-10(12(2,3)4)11(13)15-16-18/h6-7H,5,8,13H2,1-4H3. The molecule has 0 aliphatic rings. The van der Waals surface area contributed by atoms with Gasteiger partial charge < -0.3 is 10.3 Å². The number of hydrogen-bond donors (Lipinski definition) is 1. The van der Waals surface area contributed by atoms with E-state index in [0.717, 1.165) is 18.1 Å². The normalized spacial score (nSPS) is 12.0. The highest BCUT2D eigenvalue weighted by Crippen LogP contribution is 2.26. The largest absolute Gasteiger partial charge is 0.381 e. The van der Waals surface area contributed by atoms with Crippen LogP contribution in [0.1, 0.15) is 39.2 Å². The SMILES string of the molecule is CCn1ccnc1Cn1nnc(N)c1C(C)(C)C. The molecule has 0 aromatic carbocycles. The molecule has 2 aromatic heterocycles. The Morgan fingerprint density at radius 3 is 2.67 bits per heavy atom. The third-order valence-corrected chi connectivity index (χ3v) is 2.91. The first kappa shape index (κ1) is 12.6. The fraction of sp³-hybridized carbons (Fsp3) is 0.583. The van der Waals surface area contributed by atoms with Crippen molar-refractivity contribution in [3.63, 3.8) is 0 Å². The number of nitrogens with zero attached hydrogens (tertiary/aromatic N) is 5. The van der Waals surface area contributed by atoms with Crippen LogP contribution in [0.4, 0.5) is 5.82 Å². The van der Waals surface area contributed by atoms with Crippen molar-refractivity contribution in [1.29, 1.82) is 0 Å². The zero-order valence-electron chi connectivity index (χ0n) is 11.4. The van der Waals surface area contributed by atoms with Crippen LogP contribution in [0.5, 0.6) is 0 Å². The number of anilines is 1. The molecular weight excluding hydrogens is 228 g/mol. The smallest absolute Gasteiger partial charge is 0.169 e. The summed E-state index contributed by atoms with van der Waals surface area (Å²) in [5.74, 6) is 1.46. The summed E-state index contributed by atoms with van der Waals surface area (Å²) in [5, 5.41) is 8.09. The molecule has 0 radical (unpaired) electrons. The Balaban J connectivity index is 2.36. The number of nitrogens with two attached hydrogens (primary N) is 1. The van der Waals surface area contributed by atoms with Crippen molar-refractivity contribution in [3.8, 4) is 0 Å². The average Bonchev–Trinajstić information content (AvgIpc) is 2.84. The molecule has 0 fully saturated rings. The third-order valence-electron chi connectivity index (χ3n) is 2.91. The Bertz CT molecular complexity index is 531. The molecular formula is C12H20N6. The van der Waals surface area contributed by atoms with Gasteiger partial charge in [0.25, 0.3) is 0 Å². The Labute approximate surface area is 107 Å². The molecule has 0 amide bonds. The fourth-order valence-corrected chi connectivity index (χ4v) is 2.12. The van der Waals surface area contributed by atoms with Crippen LogP contribution in [-0.2, 0) is 18.5 Å². The van der Waals surface area contributed by atoms with Gasteiger partial charge in [0.1, 0.15) is 12.4 Å². The lowest BCUT2D eigenvalue weighted by Gasteiger charge is -2.20. The van der Waals surface area contributed by atoms with E-state index in [9.17, 15) is 0 Å². The van der Waals surface area contributed by atoms with Crippen LogP contribution in [0.25, 0.3) is 0 Å². The molecule has 0 bridgehead atoms. The molecule has 18 heavy (non-hydrogen) atoms. The highest BCUT2D eigenvalue weighted by atomic mass is 15.5. The molecule has 0 unspecified atom stereocenters. The van der Waals surface area contributed by atoms with Crippen LogP contribution in [0.15, 0.2) is 12.4 Å². The molecule has 2 N–H and O–H groups in total. The maximum Gasteiger partial charge on any atom is 0.169 e. The van der Waals surface area contributed by atoms with Gasteiger partial charge in [-0.05, 0) is 6.92 Å². The summed E-state index contributed by atoms with van der Waals surface area (Å²) in [5.41, 5.74) is 6.77. The lowest BCUT2D eigenvalue weighted by Crippen LogP contribution is -2.21. The van der Waals surface area contributed by atoms with Gasteiger partial charge in [-0.1, -0.05) is 26.0 Å². The van der Waals surface area contributed by atoms with Crippen LogP contribution in [-0.4, -0.2) is 24.5 Å². The van der Waals surface area contributed by atoms with E-state index in [-0.39, 0.29) is 5.41 Å². The van der Waals surface area contributed by atoms with E-state index in [1.54, 1.807) is 6.20 Å². The second kappa shape index (κ2) is 4.44. The zero-order chi connectivity index (χ0) is 13.3. The fourth-order valence-electron chi connectivity index (χ4n) is 2.12. The van der Waals surface area contributed by atoms with E-state index in [4.69, 9.17) is 5.73 Å². The number of aryl methyl sites for hydroxylation is 1. The molecule has 0 saturated carbocycles. The molecule has 6 nitrogen and oxygen atoms in total. The summed E-state index contributed by atoms with van der Waals surface area (Å²) in [6.45, 7) is 9.88. The summed E-state index contributed by atoms with van der Waals surface area (Å²) < 4.78 is 3.92. The predicted molar refractivity (Wildman–Crippen MR) is 70.1 cm³/mol. The van der Waals surface area contributed by atoms with Crippen LogP contribution in [0.3, 0.4) is 0 Å². The van der Waals surface area contributed by atoms with E-state index in [1.165, 1.54) is 0 Å². The van der Waals surface area contributed by atoms with Gasteiger partial charge in [-0.3, -0.25) is 0 Å². The Morgan fingerprint density at radius 1 is 1.33 bits per heavy atom. The zero-order valence-corrected chi connectivity index (χ0v) is 11.4. The molecule has 2 heterocycles. The molecule has 2 rings (SSSR count). The summed E-state index contributed by atoms with van der Waals surface area (Å²) in [6.07, 6.45) is 3.77. The second-order valence-electron chi connectivity index (χ2n) is 5.36. The monoisotopic (exact) mass is 248 g/mol. The molecule has 0 aliphatic heterocycles. The van der Waals surface area contributed by atoms with Gasteiger partial charge in [0.2, 0.25) is 0 Å². The van der Waals surface area contributed by atoms with Crippen LogP contribution >= 0.6 is 0 Å². The highest BCUT2D eigenvalue weighted by molar-refractivity contribution is 5.38. The molecule has 0 saturated heterocycles. The maximum atomic E-state index is 5.91. The lowest BCUT2D eigenvalue weighted by molar-refractivity contribution is 0.489. The van der Waals surface area contributed by atoms with E-state index in [2.05, 4.69) is 47.6 Å². The summed E-state index contributed by atoms with van der Waals surface area (Å²) in [4.78, 5) is 4.35. The van der Waals surface area contributed by atoms with Gasteiger partial charge in [0, 0.05) is 24.4 Å². The van der Waals surface area contributed by atoms with Crippen molar-refractivity contribution >= 4 is 5.82 Å². The average molecular weight is 248 g/mol. The quantitative estimate of drug-likeness (QED) is 0.891. The van der Waals surface area contributed by atoms with E-state index in [1.807, 2.05) is 10.9 Å². The van der Waals surface area contributed by atoms with Crippen LogP contribution in [0, 0.1) is 0 Å². The summed E-state index contributed by atoms with van der Waals surface area (Å²) in [7, 11) is 0. The van der Waals surface area contributed by atoms with Crippen molar-refractivity contribution in [3.05, 3.63) is 23.9 Å². The first-order valence-corrected chi connectivity index (χ1v) is 6.13. The highest BCUT2D eigenvalue weighted by Gasteiger charge is 2.24. The lowest BCUT2D eigenvalue weighted by atomic mass is 9.92. The number of rotatable bonds is 3. The molecule has 98 valence electrons. The maximum absolute atomic E-state index is 5.91. The summed E-state index contributed by atoms with van der Waals surface area (Å²) >= 11 is 0. The second-order valence-corrected chi connectivity index (χ2v) is 5.36. The minimum atomic E-state index is -0.0861. The predicted octanol–water partition coefficient (Wildman–Crippen LogP) is 1.42. The minimum absolute atomic E-state index is 0.0861. The van der Waals surface area contributed by atoms with E-state index >= 15 is 0 Å². The first-order chi connectivity index (χ1) is 8.43. The number of nitrogen functional groups attached to an aromatic ring is 1. The van der Waals surface area contributed by atoms with E-state index in [0.29, 0.717) is 12.4 Å². The number of hydrogen-bond acceptors (Lipinski definition) is 4. The van der Waals surface area contributed by atoms with Gasteiger partial charge >= 0.3 is 0 Å². The number of aromatic nitrogens is 5. The number of imidazole rings is 1. The molecule has 6 heteroatoms. The van der Waals surface area contributed by atoms with Crippen molar-refractivity contribution in [2.24, 2.45) is 0 Å². The van der Waals surface area contributed by atoms with E-state index < -0.39 is 0 Å². The van der Waals surface area contributed by atoms with Crippen molar-refractivity contribution in [2.45, 2.75) is 46.2 Å². The van der Waals surface area contributed by atoms with Crippen molar-refractivity contribution < 1.29 is 0 Å². The Kier molecular flexibility index (Phi) is 3.11. The Hall–Kier alpha value is -1.85.